The highest BCUT2D eigenvalue weighted by Gasteiger charge is 2.13. The average Bonchev–Trinajstić information content (AvgIpc) is 2.43. The Balaban J connectivity index is 2.25. The summed E-state index contributed by atoms with van der Waals surface area (Å²) in [6.07, 6.45) is 0. The minimum absolute atomic E-state index is 0.0131. The van der Waals surface area contributed by atoms with Gasteiger partial charge in [-0.2, -0.15) is 0 Å². The zero-order valence-electron chi connectivity index (χ0n) is 10.4. The van der Waals surface area contributed by atoms with Gasteiger partial charge >= 0.3 is 0 Å². The zero-order valence-corrected chi connectivity index (χ0v) is 10.4. The van der Waals surface area contributed by atoms with E-state index in [0.717, 1.165) is 18.2 Å². The molecule has 2 rings (SSSR count). The molecule has 0 spiro atoms. The van der Waals surface area contributed by atoms with Crippen LogP contribution in [0, 0.1) is 11.6 Å². The largest absolute Gasteiger partial charge is 0.507 e. The highest BCUT2D eigenvalue weighted by molar-refractivity contribution is 6.06. The van der Waals surface area contributed by atoms with Gasteiger partial charge in [0, 0.05) is 17.8 Å². The molecule has 0 aromatic heterocycles. The smallest absolute Gasteiger partial charge is 0.259 e. The number of benzene rings is 2. The highest BCUT2D eigenvalue weighted by atomic mass is 19.1. The van der Waals surface area contributed by atoms with Gasteiger partial charge in [-0.1, -0.05) is 0 Å². The third-order valence-corrected chi connectivity index (χ3v) is 2.73. The molecule has 0 aliphatic rings. The summed E-state index contributed by atoms with van der Waals surface area (Å²) >= 11 is 0. The van der Waals surface area contributed by atoms with Crippen LogP contribution in [0.15, 0.2) is 36.4 Å². The quantitative estimate of drug-likeness (QED) is 0.807. The second-order valence-corrected chi connectivity index (χ2v) is 4.13. The SMILES string of the molecule is NCc1cc(NC(=O)c2cc(F)ccc2O)ccc1F. The Bertz CT molecular complexity index is 660. The summed E-state index contributed by atoms with van der Waals surface area (Å²) < 4.78 is 26.3. The predicted octanol–water partition coefficient (Wildman–Crippen LogP) is 2.38. The molecule has 0 aliphatic heterocycles. The highest BCUT2D eigenvalue weighted by Crippen LogP contribution is 2.20. The molecule has 0 fully saturated rings. The van der Waals surface area contributed by atoms with Crippen molar-refractivity contribution in [1.29, 1.82) is 0 Å². The lowest BCUT2D eigenvalue weighted by atomic mass is 10.1. The van der Waals surface area contributed by atoms with Gasteiger partial charge in [-0.25, -0.2) is 8.78 Å². The number of carbonyl (C=O) groups excluding carboxylic acids is 1. The molecule has 4 N–H and O–H groups in total. The van der Waals surface area contributed by atoms with Gasteiger partial charge in [-0.3, -0.25) is 4.79 Å². The predicted molar refractivity (Wildman–Crippen MR) is 70.3 cm³/mol. The molecule has 2 aromatic carbocycles. The fraction of sp³-hybridized carbons (Fsp3) is 0.0714. The number of amides is 1. The van der Waals surface area contributed by atoms with E-state index in [-0.39, 0.29) is 23.4 Å². The summed E-state index contributed by atoms with van der Waals surface area (Å²) in [5.74, 6) is -2.16. The van der Waals surface area contributed by atoms with E-state index in [1.807, 2.05) is 0 Å². The van der Waals surface area contributed by atoms with Crippen LogP contribution in [0.5, 0.6) is 5.75 Å². The van der Waals surface area contributed by atoms with Gasteiger partial charge in [-0.05, 0) is 36.4 Å². The van der Waals surface area contributed by atoms with Crippen LogP contribution in [0.25, 0.3) is 0 Å². The van der Waals surface area contributed by atoms with E-state index in [2.05, 4.69) is 5.32 Å². The van der Waals surface area contributed by atoms with Crippen molar-refractivity contribution >= 4 is 11.6 Å². The standard InChI is InChI=1S/C14H12F2N2O2/c15-9-1-4-13(19)11(6-9)14(20)18-10-2-3-12(16)8(5-10)7-17/h1-6,19H,7,17H2,(H,18,20). The van der Waals surface area contributed by atoms with Crippen molar-refractivity contribution in [3.63, 3.8) is 0 Å². The topological polar surface area (TPSA) is 75.3 Å². The molecule has 4 nitrogen and oxygen atoms in total. The molecule has 0 unspecified atom stereocenters. The lowest BCUT2D eigenvalue weighted by Crippen LogP contribution is -2.13. The molecular formula is C14H12F2N2O2. The van der Waals surface area contributed by atoms with Crippen molar-refractivity contribution in [2.45, 2.75) is 6.54 Å². The molecule has 1 amide bonds. The number of halogens is 2. The van der Waals surface area contributed by atoms with Crippen molar-refractivity contribution < 1.29 is 18.7 Å². The summed E-state index contributed by atoms with van der Waals surface area (Å²) in [5, 5.41) is 12.0. The maximum Gasteiger partial charge on any atom is 0.259 e. The number of phenols is 1. The number of anilines is 1. The van der Waals surface area contributed by atoms with Crippen LogP contribution in [0.1, 0.15) is 15.9 Å². The van der Waals surface area contributed by atoms with Crippen LogP contribution < -0.4 is 11.1 Å². The fourth-order valence-electron chi connectivity index (χ4n) is 1.70. The Morgan fingerprint density at radius 2 is 1.95 bits per heavy atom. The van der Waals surface area contributed by atoms with Gasteiger partial charge in [0.1, 0.15) is 17.4 Å². The molecule has 6 heteroatoms. The monoisotopic (exact) mass is 278 g/mol. The first-order chi connectivity index (χ1) is 9.51. The van der Waals surface area contributed by atoms with Gasteiger partial charge in [0.2, 0.25) is 0 Å². The first-order valence-corrected chi connectivity index (χ1v) is 5.79. The number of carbonyl (C=O) groups is 1. The fourth-order valence-corrected chi connectivity index (χ4v) is 1.70. The number of nitrogens with two attached hydrogens (primary N) is 1. The first kappa shape index (κ1) is 14.0. The van der Waals surface area contributed by atoms with Gasteiger partial charge in [0.05, 0.1) is 5.56 Å². The molecule has 0 heterocycles. The van der Waals surface area contributed by atoms with Crippen molar-refractivity contribution in [2.75, 3.05) is 5.32 Å². The Morgan fingerprint density at radius 1 is 1.20 bits per heavy atom. The van der Waals surface area contributed by atoms with Crippen LogP contribution in [0.3, 0.4) is 0 Å². The Hall–Kier alpha value is -2.47. The second kappa shape index (κ2) is 5.66. The van der Waals surface area contributed by atoms with E-state index in [1.165, 1.54) is 18.2 Å². The van der Waals surface area contributed by atoms with Gasteiger partial charge in [-0.15, -0.1) is 0 Å². The molecule has 20 heavy (non-hydrogen) atoms. The van der Waals surface area contributed by atoms with Crippen molar-refractivity contribution in [1.82, 2.24) is 0 Å². The molecule has 0 atom stereocenters. The minimum atomic E-state index is -0.698. The van der Waals surface area contributed by atoms with Crippen LogP contribution in [0.2, 0.25) is 0 Å². The molecule has 0 aliphatic carbocycles. The third kappa shape index (κ3) is 2.92. The number of phenolic OH excluding ortho intramolecular Hbond substituents is 1. The van der Waals surface area contributed by atoms with Crippen LogP contribution >= 0.6 is 0 Å². The zero-order chi connectivity index (χ0) is 14.7. The third-order valence-electron chi connectivity index (χ3n) is 2.73. The number of aromatic hydroxyl groups is 1. The number of rotatable bonds is 3. The number of nitrogens with one attached hydrogen (secondary N) is 1. The molecule has 104 valence electrons. The lowest BCUT2D eigenvalue weighted by Gasteiger charge is -2.08. The molecule has 0 bridgehead atoms. The van der Waals surface area contributed by atoms with E-state index in [0.29, 0.717) is 5.69 Å². The summed E-state index contributed by atoms with van der Waals surface area (Å²) in [6.45, 7) is -0.0131. The number of hydrogen-bond acceptors (Lipinski definition) is 3. The maximum absolute atomic E-state index is 13.3. The minimum Gasteiger partial charge on any atom is -0.507 e. The summed E-state index contributed by atoms with van der Waals surface area (Å²) in [4.78, 5) is 11.9. The van der Waals surface area contributed by atoms with Crippen molar-refractivity contribution in [2.24, 2.45) is 5.73 Å². The maximum atomic E-state index is 13.3. The van der Waals surface area contributed by atoms with E-state index in [4.69, 9.17) is 5.73 Å². The first-order valence-electron chi connectivity index (χ1n) is 5.79. The molecule has 0 radical (unpaired) electrons. The van der Waals surface area contributed by atoms with Crippen LogP contribution in [0.4, 0.5) is 14.5 Å². The van der Waals surface area contributed by atoms with E-state index in [1.54, 1.807) is 0 Å². The normalized spacial score (nSPS) is 10.3. The van der Waals surface area contributed by atoms with Crippen molar-refractivity contribution in [3.8, 4) is 5.75 Å². The molecular weight excluding hydrogens is 266 g/mol. The van der Waals surface area contributed by atoms with Crippen LogP contribution in [-0.2, 0) is 6.54 Å². The average molecular weight is 278 g/mol. The molecule has 0 saturated carbocycles. The summed E-state index contributed by atoms with van der Waals surface area (Å²) in [5.41, 5.74) is 5.71. The van der Waals surface area contributed by atoms with Gasteiger partial charge in [0.25, 0.3) is 5.91 Å². The van der Waals surface area contributed by atoms with Gasteiger partial charge < -0.3 is 16.2 Å². The Kier molecular flexibility index (Phi) is 3.95. The van der Waals surface area contributed by atoms with E-state index >= 15 is 0 Å². The lowest BCUT2D eigenvalue weighted by molar-refractivity contribution is 0.102. The summed E-state index contributed by atoms with van der Waals surface area (Å²) in [7, 11) is 0. The second-order valence-electron chi connectivity index (χ2n) is 4.13. The van der Waals surface area contributed by atoms with Crippen molar-refractivity contribution in [3.05, 3.63) is 59.2 Å². The van der Waals surface area contributed by atoms with E-state index in [9.17, 15) is 18.7 Å². The summed E-state index contributed by atoms with van der Waals surface area (Å²) in [6, 6.07) is 6.93. The Labute approximate surface area is 113 Å². The Morgan fingerprint density at radius 3 is 2.65 bits per heavy atom. The number of hydrogen-bond donors (Lipinski definition) is 3. The molecule has 0 saturated heterocycles. The van der Waals surface area contributed by atoms with E-state index < -0.39 is 17.5 Å². The van der Waals surface area contributed by atoms with Crippen LogP contribution in [-0.4, -0.2) is 11.0 Å². The van der Waals surface area contributed by atoms with Gasteiger partial charge in [0.15, 0.2) is 0 Å². The molecule has 2 aromatic rings.